The Morgan fingerprint density at radius 2 is 0.774 bits per heavy atom. The topological polar surface area (TPSA) is 200 Å². The van der Waals surface area contributed by atoms with Crippen molar-refractivity contribution in [2.75, 3.05) is 68.6 Å². The molecule has 16 nitrogen and oxygen atoms in total. The van der Waals surface area contributed by atoms with Crippen molar-refractivity contribution in [2.24, 2.45) is 0 Å². The number of hydrogen-bond acceptors (Lipinski definition) is 10. The van der Waals surface area contributed by atoms with Crippen LogP contribution in [0.4, 0.5) is 0 Å². The normalized spacial score (nSPS) is 18.6. The van der Waals surface area contributed by atoms with Crippen LogP contribution in [0.1, 0.15) is 114 Å². The van der Waals surface area contributed by atoms with Crippen molar-refractivity contribution in [3.63, 3.8) is 0 Å². The van der Waals surface area contributed by atoms with Crippen molar-refractivity contribution in [1.82, 2.24) is 41.7 Å². The van der Waals surface area contributed by atoms with E-state index in [4.69, 9.17) is 9.47 Å². The van der Waals surface area contributed by atoms with Crippen molar-refractivity contribution in [3.8, 4) is 11.5 Å². The Labute approximate surface area is 364 Å². The summed E-state index contributed by atoms with van der Waals surface area (Å²) < 4.78 is 11.1. The molecule has 0 bridgehead atoms. The third kappa shape index (κ3) is 13.5. The van der Waals surface area contributed by atoms with Gasteiger partial charge in [-0.2, -0.15) is 0 Å². The maximum atomic E-state index is 13.7. The molecule has 6 amide bonds. The Bertz CT molecular complexity index is 1920. The number of nitrogens with one attached hydrogen (secondary N) is 6. The zero-order valence-corrected chi connectivity index (χ0v) is 36.7. The van der Waals surface area contributed by atoms with E-state index in [9.17, 15) is 28.8 Å². The van der Waals surface area contributed by atoms with Crippen LogP contribution >= 0.6 is 0 Å². The number of benzene rings is 3. The molecule has 3 aromatic rings. The monoisotopic (exact) mass is 854 g/mol. The third-order valence-electron chi connectivity index (χ3n) is 11.3. The molecular formula is C46H62N8O8. The largest absolute Gasteiger partial charge is 0.496 e. The van der Waals surface area contributed by atoms with Crippen molar-refractivity contribution < 1.29 is 38.2 Å². The van der Waals surface area contributed by atoms with E-state index in [2.05, 4.69) is 31.9 Å². The van der Waals surface area contributed by atoms with E-state index in [-0.39, 0.29) is 70.4 Å². The summed E-state index contributed by atoms with van der Waals surface area (Å²) >= 11 is 0. The van der Waals surface area contributed by atoms with E-state index in [0.717, 1.165) is 0 Å². The van der Waals surface area contributed by atoms with E-state index in [1.54, 1.807) is 48.5 Å². The second-order valence-corrected chi connectivity index (χ2v) is 16.5. The number of amides is 6. The lowest BCUT2D eigenvalue weighted by Gasteiger charge is -2.30. The summed E-state index contributed by atoms with van der Waals surface area (Å²) in [4.78, 5) is 82.8. The van der Waals surface area contributed by atoms with Crippen LogP contribution in [-0.4, -0.2) is 138 Å². The number of hydrogen-bond donors (Lipinski definition) is 6. The van der Waals surface area contributed by atoms with Gasteiger partial charge in [-0.3, -0.25) is 28.8 Å². The number of carbonyl (C=O) groups is 6. The molecule has 0 aliphatic heterocycles. The smallest absolute Gasteiger partial charge is 0.255 e. The Hall–Kier alpha value is -6.00. The molecule has 334 valence electrons. The molecule has 0 aromatic heterocycles. The SMILES string of the molecule is COc1cc(OC)c(C(=O)NC2CCC(NC(=O)c3cccc(C(=O)NCCN(C)C)c3)CC2)cc1C(=O)NC1CCC(NC(=O)c2cccc(C(=O)NCCN(C)C)c2)CC1. The number of methoxy groups -OCH3 is 2. The summed E-state index contributed by atoms with van der Waals surface area (Å²) in [6.45, 7) is 2.40. The van der Waals surface area contributed by atoms with Crippen LogP contribution in [0.2, 0.25) is 0 Å². The number of ether oxygens (including phenoxy) is 2. The first-order chi connectivity index (χ1) is 29.7. The molecule has 0 atom stereocenters. The first-order valence-corrected chi connectivity index (χ1v) is 21.3. The molecule has 5 rings (SSSR count). The summed E-state index contributed by atoms with van der Waals surface area (Å²) in [5.74, 6) is -1.25. The highest BCUT2D eigenvalue weighted by Crippen LogP contribution is 2.31. The van der Waals surface area contributed by atoms with E-state index >= 15 is 0 Å². The van der Waals surface area contributed by atoms with Gasteiger partial charge in [0.1, 0.15) is 11.5 Å². The first kappa shape index (κ1) is 47.1. The summed E-state index contributed by atoms with van der Waals surface area (Å²) in [6.07, 6.45) is 5.08. The molecular weight excluding hydrogens is 793 g/mol. The van der Waals surface area contributed by atoms with Crippen LogP contribution in [0, 0.1) is 0 Å². The van der Waals surface area contributed by atoms with Gasteiger partial charge in [0.2, 0.25) is 0 Å². The van der Waals surface area contributed by atoms with Crippen molar-refractivity contribution in [3.05, 3.63) is 94.0 Å². The van der Waals surface area contributed by atoms with Gasteiger partial charge in [0.25, 0.3) is 35.4 Å². The highest BCUT2D eigenvalue weighted by molar-refractivity contribution is 6.04. The number of likely N-dealkylation sites (N-methyl/N-ethyl adjacent to an activating group) is 2. The second kappa shape index (κ2) is 22.7. The van der Waals surface area contributed by atoms with Gasteiger partial charge in [0.05, 0.1) is 25.3 Å². The molecule has 0 spiro atoms. The van der Waals surface area contributed by atoms with Gasteiger partial charge in [0.15, 0.2) is 0 Å². The van der Waals surface area contributed by atoms with Gasteiger partial charge in [0, 0.05) is 78.7 Å². The molecule has 0 heterocycles. The molecule has 16 heteroatoms. The zero-order chi connectivity index (χ0) is 44.8. The summed E-state index contributed by atoms with van der Waals surface area (Å²) in [5.41, 5.74) is 2.04. The van der Waals surface area contributed by atoms with Crippen LogP contribution in [-0.2, 0) is 0 Å². The quantitative estimate of drug-likeness (QED) is 0.111. The highest BCUT2D eigenvalue weighted by Gasteiger charge is 2.29. The molecule has 0 radical (unpaired) electrons. The average molecular weight is 855 g/mol. The Morgan fingerprint density at radius 3 is 1.08 bits per heavy atom. The fraction of sp³-hybridized carbons (Fsp3) is 0.478. The lowest BCUT2D eigenvalue weighted by atomic mass is 9.90. The molecule has 3 aromatic carbocycles. The Balaban J connectivity index is 1.10. The van der Waals surface area contributed by atoms with E-state index in [0.29, 0.717) is 99.8 Å². The molecule has 2 aliphatic carbocycles. The summed E-state index contributed by atoms with van der Waals surface area (Å²) in [7, 11) is 10.6. The van der Waals surface area contributed by atoms with Crippen LogP contribution in [0.25, 0.3) is 0 Å². The highest BCUT2D eigenvalue weighted by atomic mass is 16.5. The van der Waals surface area contributed by atoms with Gasteiger partial charge in [-0.25, -0.2) is 0 Å². The number of carbonyl (C=O) groups excluding carboxylic acids is 6. The Kier molecular flexibility index (Phi) is 17.3. The molecule has 2 aliphatic rings. The predicted octanol–water partition coefficient (Wildman–Crippen LogP) is 3.23. The molecule has 0 saturated heterocycles. The molecule has 62 heavy (non-hydrogen) atoms. The summed E-state index contributed by atoms with van der Waals surface area (Å²) in [5, 5.41) is 18.1. The predicted molar refractivity (Wildman–Crippen MR) is 236 cm³/mol. The number of nitrogens with zero attached hydrogens (tertiary/aromatic N) is 2. The third-order valence-corrected chi connectivity index (χ3v) is 11.3. The van der Waals surface area contributed by atoms with Gasteiger partial charge in [-0.1, -0.05) is 12.1 Å². The van der Waals surface area contributed by atoms with Gasteiger partial charge >= 0.3 is 0 Å². The lowest BCUT2D eigenvalue weighted by Crippen LogP contribution is -2.44. The maximum absolute atomic E-state index is 13.7. The summed E-state index contributed by atoms with van der Waals surface area (Å²) in [6, 6.07) is 15.8. The minimum atomic E-state index is -0.390. The minimum absolute atomic E-state index is 0.0971. The van der Waals surface area contributed by atoms with E-state index < -0.39 is 11.8 Å². The van der Waals surface area contributed by atoms with Crippen LogP contribution in [0.3, 0.4) is 0 Å². The van der Waals surface area contributed by atoms with Crippen molar-refractivity contribution in [1.29, 1.82) is 0 Å². The standard InChI is InChI=1S/C46H62N8O8/c1-53(2)23-21-47-41(55)29-9-7-11-31(25-29)43(57)49-33-13-17-35(18-14-33)51-45(59)37-27-38(40(62-6)28-39(37)61-5)46(60)52-36-19-15-34(16-20-36)50-44(58)32-12-8-10-30(26-32)42(56)48-22-24-54(3)4/h7-12,25-28,33-36H,13-24H2,1-6H3,(H,47,55)(H,48,56)(H,49,57)(H,50,58)(H,51,59)(H,52,60). The molecule has 2 fully saturated rings. The van der Waals surface area contributed by atoms with Gasteiger partial charge in [-0.05, 0) is 122 Å². The average Bonchev–Trinajstić information content (AvgIpc) is 3.26. The maximum Gasteiger partial charge on any atom is 0.255 e. The Morgan fingerprint density at radius 1 is 0.468 bits per heavy atom. The molecule has 0 unspecified atom stereocenters. The minimum Gasteiger partial charge on any atom is -0.496 e. The van der Waals surface area contributed by atoms with Crippen LogP contribution in [0.5, 0.6) is 11.5 Å². The van der Waals surface area contributed by atoms with Crippen molar-refractivity contribution in [2.45, 2.75) is 75.5 Å². The van der Waals surface area contributed by atoms with Crippen LogP contribution < -0.4 is 41.4 Å². The number of rotatable bonds is 18. The van der Waals surface area contributed by atoms with E-state index in [1.165, 1.54) is 26.4 Å². The van der Waals surface area contributed by atoms with Gasteiger partial charge in [-0.15, -0.1) is 0 Å². The first-order valence-electron chi connectivity index (χ1n) is 21.3. The molecule has 2 saturated carbocycles. The molecule has 6 N–H and O–H groups in total. The van der Waals surface area contributed by atoms with Crippen LogP contribution in [0.15, 0.2) is 60.7 Å². The lowest BCUT2D eigenvalue weighted by molar-refractivity contribution is 0.0885. The van der Waals surface area contributed by atoms with E-state index in [1.807, 2.05) is 38.0 Å². The fourth-order valence-corrected chi connectivity index (χ4v) is 7.68. The van der Waals surface area contributed by atoms with Gasteiger partial charge < -0.3 is 51.2 Å². The van der Waals surface area contributed by atoms with Crippen molar-refractivity contribution >= 4 is 35.4 Å². The zero-order valence-electron chi connectivity index (χ0n) is 36.7. The second-order valence-electron chi connectivity index (χ2n) is 16.5. The fourth-order valence-electron chi connectivity index (χ4n) is 7.68.